The minimum absolute atomic E-state index is 0.0365. The summed E-state index contributed by atoms with van der Waals surface area (Å²) >= 11 is 0. The van der Waals surface area contributed by atoms with Crippen LogP contribution < -0.4 is 4.31 Å². The van der Waals surface area contributed by atoms with Gasteiger partial charge in [0.15, 0.2) is 6.61 Å². The van der Waals surface area contributed by atoms with E-state index in [0.29, 0.717) is 11.3 Å². The molecule has 0 fully saturated rings. The molecule has 4 rings (SSSR count). The van der Waals surface area contributed by atoms with Crippen molar-refractivity contribution in [3.05, 3.63) is 96.2 Å². The minimum atomic E-state index is -3.90. The fourth-order valence-electron chi connectivity index (χ4n) is 3.59. The second kappa shape index (κ2) is 9.30. The molecule has 0 aliphatic heterocycles. The van der Waals surface area contributed by atoms with E-state index in [4.69, 9.17) is 4.74 Å². The number of benzene rings is 3. The monoisotopic (exact) mass is 462 g/mol. The van der Waals surface area contributed by atoms with Gasteiger partial charge in [0.25, 0.3) is 10.0 Å². The molecule has 0 radical (unpaired) electrons. The number of nitrogens with zero attached hydrogens (tertiary/aromatic N) is 1. The van der Waals surface area contributed by atoms with Crippen LogP contribution >= 0.6 is 0 Å². The second-order valence-electron chi connectivity index (χ2n) is 7.28. The number of anilines is 1. The quantitative estimate of drug-likeness (QED) is 0.309. The first-order chi connectivity index (χ1) is 15.9. The molecule has 3 aromatic carbocycles. The zero-order chi connectivity index (χ0) is 23.4. The highest BCUT2D eigenvalue weighted by atomic mass is 32.2. The lowest BCUT2D eigenvalue weighted by molar-refractivity contribution is 0.0475. The Kier molecular flexibility index (Phi) is 6.28. The first kappa shape index (κ1) is 22.3. The van der Waals surface area contributed by atoms with Crippen LogP contribution in [0.3, 0.4) is 0 Å². The number of rotatable bonds is 8. The molecule has 0 aliphatic carbocycles. The third-order valence-corrected chi connectivity index (χ3v) is 7.11. The molecule has 1 N–H and O–H groups in total. The molecular formula is C25H22N2O5S. The molecule has 0 aliphatic rings. The lowest BCUT2D eigenvalue weighted by Gasteiger charge is -2.23. The van der Waals surface area contributed by atoms with Crippen molar-refractivity contribution in [3.63, 3.8) is 0 Å². The van der Waals surface area contributed by atoms with Crippen LogP contribution in [0.25, 0.3) is 10.9 Å². The van der Waals surface area contributed by atoms with Crippen LogP contribution in [0.2, 0.25) is 0 Å². The molecule has 0 spiro atoms. The smallest absolute Gasteiger partial charge is 0.338 e. The molecule has 0 unspecified atom stereocenters. The summed E-state index contributed by atoms with van der Waals surface area (Å²) < 4.78 is 32.9. The summed E-state index contributed by atoms with van der Waals surface area (Å²) in [7, 11) is -3.90. The Bertz CT molecular complexity index is 1410. The van der Waals surface area contributed by atoms with E-state index >= 15 is 0 Å². The van der Waals surface area contributed by atoms with Gasteiger partial charge in [0.2, 0.25) is 5.78 Å². The third kappa shape index (κ3) is 4.51. The molecule has 1 heterocycles. The molecule has 7 nitrogen and oxygen atoms in total. The van der Waals surface area contributed by atoms with Crippen molar-refractivity contribution in [3.8, 4) is 0 Å². The van der Waals surface area contributed by atoms with Gasteiger partial charge in [-0.1, -0.05) is 42.5 Å². The topological polar surface area (TPSA) is 96.5 Å². The standard InChI is InChI=1S/C25H22N2O5S/c1-2-27(19-10-4-3-5-11-19)33(30,31)20-12-8-9-18(15-20)25(29)32-17-24(28)22-16-26-23-14-7-6-13-21(22)23/h3-16,26H,2,17H2,1H3. The highest BCUT2D eigenvalue weighted by Crippen LogP contribution is 2.24. The van der Waals surface area contributed by atoms with Crippen molar-refractivity contribution >= 4 is 38.4 Å². The largest absolute Gasteiger partial charge is 0.454 e. The van der Waals surface area contributed by atoms with Gasteiger partial charge in [-0.3, -0.25) is 9.10 Å². The molecule has 0 saturated heterocycles. The van der Waals surface area contributed by atoms with Crippen molar-refractivity contribution in [2.75, 3.05) is 17.5 Å². The molecule has 4 aromatic rings. The molecule has 0 atom stereocenters. The van der Waals surface area contributed by atoms with Gasteiger partial charge in [0.05, 0.1) is 16.1 Å². The van der Waals surface area contributed by atoms with Gasteiger partial charge in [-0.25, -0.2) is 13.2 Å². The molecule has 8 heteroatoms. The van der Waals surface area contributed by atoms with Crippen LogP contribution in [0.15, 0.2) is 90.0 Å². The van der Waals surface area contributed by atoms with Crippen LogP contribution in [-0.2, 0) is 14.8 Å². The number of H-pyrrole nitrogens is 1. The average molecular weight is 463 g/mol. The Hall–Kier alpha value is -3.91. The van der Waals surface area contributed by atoms with Crippen LogP contribution in [-0.4, -0.2) is 38.3 Å². The Labute approximate surface area is 191 Å². The average Bonchev–Trinajstić information content (AvgIpc) is 3.28. The van der Waals surface area contributed by atoms with Crippen LogP contribution in [0, 0.1) is 0 Å². The number of ether oxygens (including phenoxy) is 1. The van der Waals surface area contributed by atoms with Gasteiger partial charge in [-0.2, -0.15) is 0 Å². The maximum absolute atomic E-state index is 13.2. The maximum Gasteiger partial charge on any atom is 0.338 e. The van der Waals surface area contributed by atoms with Crippen LogP contribution in [0.1, 0.15) is 27.6 Å². The van der Waals surface area contributed by atoms with E-state index < -0.39 is 22.6 Å². The van der Waals surface area contributed by atoms with E-state index in [1.54, 1.807) is 49.5 Å². The van der Waals surface area contributed by atoms with E-state index in [2.05, 4.69) is 4.98 Å². The summed E-state index contributed by atoms with van der Waals surface area (Å²) in [4.78, 5) is 28.1. The highest BCUT2D eigenvalue weighted by molar-refractivity contribution is 7.92. The minimum Gasteiger partial charge on any atom is -0.454 e. The number of para-hydroxylation sites is 2. The van der Waals surface area contributed by atoms with Crippen molar-refractivity contribution < 1.29 is 22.7 Å². The summed E-state index contributed by atoms with van der Waals surface area (Å²) in [5, 5.41) is 0.743. The number of hydrogen-bond donors (Lipinski definition) is 1. The Morgan fingerprint density at radius 3 is 2.42 bits per heavy atom. The molecule has 33 heavy (non-hydrogen) atoms. The van der Waals surface area contributed by atoms with Crippen molar-refractivity contribution in [2.24, 2.45) is 0 Å². The lowest BCUT2D eigenvalue weighted by atomic mass is 10.1. The number of ketones is 1. The number of carbonyl (C=O) groups excluding carboxylic acids is 2. The molecule has 0 bridgehead atoms. The third-order valence-electron chi connectivity index (χ3n) is 5.21. The van der Waals surface area contributed by atoms with Crippen molar-refractivity contribution in [1.29, 1.82) is 0 Å². The Balaban J connectivity index is 1.51. The number of esters is 1. The first-order valence-electron chi connectivity index (χ1n) is 10.4. The number of hydrogen-bond acceptors (Lipinski definition) is 5. The molecule has 0 saturated carbocycles. The van der Waals surface area contributed by atoms with Gasteiger partial charge in [-0.05, 0) is 43.3 Å². The predicted molar refractivity (Wildman–Crippen MR) is 126 cm³/mol. The fraction of sp³-hybridized carbons (Fsp3) is 0.120. The Morgan fingerprint density at radius 2 is 1.67 bits per heavy atom. The zero-order valence-corrected chi connectivity index (χ0v) is 18.7. The summed E-state index contributed by atoms with van der Waals surface area (Å²) in [6.45, 7) is 1.50. The second-order valence-corrected chi connectivity index (χ2v) is 9.14. The number of aromatic amines is 1. The van der Waals surface area contributed by atoms with Crippen molar-refractivity contribution in [1.82, 2.24) is 4.98 Å². The number of nitrogens with one attached hydrogen (secondary N) is 1. The predicted octanol–water partition coefficient (Wildman–Crippen LogP) is 4.42. The first-order valence-corrected chi connectivity index (χ1v) is 11.8. The van der Waals surface area contributed by atoms with Gasteiger partial charge in [-0.15, -0.1) is 0 Å². The summed E-state index contributed by atoms with van der Waals surface area (Å²) in [5.74, 6) is -1.13. The number of fused-ring (bicyclic) bond motifs is 1. The van der Waals surface area contributed by atoms with E-state index in [1.165, 1.54) is 28.6 Å². The lowest BCUT2D eigenvalue weighted by Crippen LogP contribution is -2.30. The van der Waals surface area contributed by atoms with E-state index in [-0.39, 0.29) is 22.8 Å². The number of Topliss-reactive ketones (excluding diaryl/α,β-unsaturated/α-hetero) is 1. The molecular weight excluding hydrogens is 440 g/mol. The molecule has 168 valence electrons. The van der Waals surface area contributed by atoms with Crippen molar-refractivity contribution in [2.45, 2.75) is 11.8 Å². The summed E-state index contributed by atoms with van der Waals surface area (Å²) in [6, 6.07) is 21.7. The molecule has 0 amide bonds. The van der Waals surface area contributed by atoms with Gasteiger partial charge in [0.1, 0.15) is 0 Å². The fourth-order valence-corrected chi connectivity index (χ4v) is 5.11. The van der Waals surface area contributed by atoms with Crippen LogP contribution in [0.4, 0.5) is 5.69 Å². The van der Waals surface area contributed by atoms with E-state index in [9.17, 15) is 18.0 Å². The van der Waals surface area contributed by atoms with E-state index in [1.807, 2.05) is 18.2 Å². The number of aromatic nitrogens is 1. The van der Waals surface area contributed by atoms with Gasteiger partial charge < -0.3 is 9.72 Å². The SMILES string of the molecule is CCN(c1ccccc1)S(=O)(=O)c1cccc(C(=O)OCC(=O)c2c[nH]c3ccccc23)c1. The van der Waals surface area contributed by atoms with Crippen LogP contribution in [0.5, 0.6) is 0 Å². The highest BCUT2D eigenvalue weighted by Gasteiger charge is 2.25. The van der Waals surface area contributed by atoms with E-state index in [0.717, 1.165) is 10.9 Å². The zero-order valence-electron chi connectivity index (χ0n) is 17.9. The Morgan fingerprint density at radius 1 is 0.939 bits per heavy atom. The summed E-state index contributed by atoms with van der Waals surface area (Å²) in [5.41, 5.74) is 1.81. The van der Waals surface area contributed by atoms with Gasteiger partial charge >= 0.3 is 5.97 Å². The molecule has 1 aromatic heterocycles. The normalized spacial score (nSPS) is 11.3. The van der Waals surface area contributed by atoms with Gasteiger partial charge in [0, 0.05) is 29.2 Å². The number of sulfonamides is 1. The maximum atomic E-state index is 13.2. The number of carbonyl (C=O) groups is 2. The summed E-state index contributed by atoms with van der Waals surface area (Å²) in [6.07, 6.45) is 1.58.